The lowest BCUT2D eigenvalue weighted by atomic mass is 9.95. The molecule has 3 aliphatic rings. The summed E-state index contributed by atoms with van der Waals surface area (Å²) in [4.78, 5) is 12.4. The summed E-state index contributed by atoms with van der Waals surface area (Å²) in [5, 5.41) is 6.57. The summed E-state index contributed by atoms with van der Waals surface area (Å²) >= 11 is 0. The Bertz CT molecular complexity index is 556. The lowest BCUT2D eigenvalue weighted by Crippen LogP contribution is -2.30. The van der Waals surface area contributed by atoms with Crippen molar-refractivity contribution in [3.05, 3.63) is 35.4 Å². The summed E-state index contributed by atoms with van der Waals surface area (Å²) in [7, 11) is 0. The average Bonchev–Trinajstić information content (AvgIpc) is 2.83. The Labute approximate surface area is 138 Å². The first-order valence-corrected chi connectivity index (χ1v) is 8.36. The fourth-order valence-electron chi connectivity index (χ4n) is 4.42. The molecule has 1 aliphatic heterocycles. The summed E-state index contributed by atoms with van der Waals surface area (Å²) in [6.07, 6.45) is 5.75. The molecule has 4 rings (SSSR count). The van der Waals surface area contributed by atoms with E-state index in [0.29, 0.717) is 0 Å². The number of rotatable bonds is 4. The summed E-state index contributed by atoms with van der Waals surface area (Å²) < 4.78 is 0. The van der Waals surface area contributed by atoms with Gasteiger partial charge >= 0.3 is 0 Å². The van der Waals surface area contributed by atoms with Crippen molar-refractivity contribution in [1.82, 2.24) is 10.6 Å². The van der Waals surface area contributed by atoms with Crippen molar-refractivity contribution in [3.8, 4) is 0 Å². The normalized spacial score (nSPS) is 31.6. The standard InChI is InChI=1S/C18H24N2O.ClH/c21-17(20-10-7-13-6-9-19-12-13)16-11-18(16)8-5-14-3-1-2-4-15(14)18;/h1-4,13,16,19H,5-12H2,(H,20,21);1H. The van der Waals surface area contributed by atoms with E-state index < -0.39 is 0 Å². The first-order valence-electron chi connectivity index (χ1n) is 8.36. The zero-order valence-electron chi connectivity index (χ0n) is 12.9. The number of hydrogen-bond acceptors (Lipinski definition) is 2. The van der Waals surface area contributed by atoms with E-state index in [9.17, 15) is 4.79 Å². The van der Waals surface area contributed by atoms with E-state index in [4.69, 9.17) is 0 Å². The molecule has 0 aromatic heterocycles. The van der Waals surface area contributed by atoms with Crippen molar-refractivity contribution in [2.24, 2.45) is 11.8 Å². The monoisotopic (exact) mass is 320 g/mol. The second-order valence-electron chi connectivity index (χ2n) is 7.01. The van der Waals surface area contributed by atoms with E-state index >= 15 is 0 Å². The molecule has 2 aliphatic carbocycles. The van der Waals surface area contributed by atoms with Crippen molar-refractivity contribution in [3.63, 3.8) is 0 Å². The van der Waals surface area contributed by atoms with Gasteiger partial charge in [-0.05, 0) is 62.2 Å². The number of amides is 1. The SMILES string of the molecule is Cl.O=C(NCCC1CCNC1)C1CC12CCc1ccccc12. The highest BCUT2D eigenvalue weighted by atomic mass is 35.5. The Morgan fingerprint density at radius 1 is 1.36 bits per heavy atom. The maximum Gasteiger partial charge on any atom is 0.224 e. The van der Waals surface area contributed by atoms with Crippen LogP contribution in [-0.4, -0.2) is 25.5 Å². The van der Waals surface area contributed by atoms with E-state index in [2.05, 4.69) is 34.9 Å². The van der Waals surface area contributed by atoms with Crippen molar-refractivity contribution in [1.29, 1.82) is 0 Å². The van der Waals surface area contributed by atoms with Crippen molar-refractivity contribution in [2.75, 3.05) is 19.6 Å². The molecule has 3 nitrogen and oxygen atoms in total. The molecular weight excluding hydrogens is 296 g/mol. The number of halogens is 1. The number of aryl methyl sites for hydroxylation is 1. The Balaban J connectivity index is 0.00000144. The number of fused-ring (bicyclic) bond motifs is 2. The van der Waals surface area contributed by atoms with E-state index in [1.807, 2.05) is 0 Å². The largest absolute Gasteiger partial charge is 0.356 e. The molecular formula is C18H25ClN2O. The minimum Gasteiger partial charge on any atom is -0.356 e. The Morgan fingerprint density at radius 2 is 2.23 bits per heavy atom. The van der Waals surface area contributed by atoms with Crippen LogP contribution in [0.3, 0.4) is 0 Å². The van der Waals surface area contributed by atoms with Crippen LogP contribution < -0.4 is 10.6 Å². The van der Waals surface area contributed by atoms with Crippen LogP contribution in [0.25, 0.3) is 0 Å². The quantitative estimate of drug-likeness (QED) is 0.894. The average molecular weight is 321 g/mol. The molecule has 1 spiro atoms. The van der Waals surface area contributed by atoms with Crippen LogP contribution in [0, 0.1) is 11.8 Å². The molecule has 1 amide bonds. The number of benzene rings is 1. The maximum atomic E-state index is 12.4. The van der Waals surface area contributed by atoms with Gasteiger partial charge in [-0.3, -0.25) is 4.79 Å². The molecule has 120 valence electrons. The van der Waals surface area contributed by atoms with E-state index in [0.717, 1.165) is 51.2 Å². The van der Waals surface area contributed by atoms with Gasteiger partial charge in [-0.15, -0.1) is 12.4 Å². The Morgan fingerprint density at radius 3 is 3.05 bits per heavy atom. The van der Waals surface area contributed by atoms with Gasteiger partial charge in [-0.1, -0.05) is 24.3 Å². The van der Waals surface area contributed by atoms with Crippen LogP contribution in [0.2, 0.25) is 0 Å². The van der Waals surface area contributed by atoms with Gasteiger partial charge in [0.15, 0.2) is 0 Å². The van der Waals surface area contributed by atoms with Gasteiger partial charge in [0.2, 0.25) is 5.91 Å². The zero-order chi connectivity index (χ0) is 14.3. The van der Waals surface area contributed by atoms with Crippen LogP contribution in [0.1, 0.15) is 36.8 Å². The zero-order valence-corrected chi connectivity index (χ0v) is 13.8. The third kappa shape index (κ3) is 2.65. The maximum absolute atomic E-state index is 12.4. The lowest BCUT2D eigenvalue weighted by molar-refractivity contribution is -0.122. The van der Waals surface area contributed by atoms with Crippen LogP contribution in [0.4, 0.5) is 0 Å². The van der Waals surface area contributed by atoms with Crippen LogP contribution in [0.15, 0.2) is 24.3 Å². The highest BCUT2D eigenvalue weighted by Crippen LogP contribution is 2.61. The van der Waals surface area contributed by atoms with Crippen LogP contribution >= 0.6 is 12.4 Å². The highest BCUT2D eigenvalue weighted by Gasteiger charge is 2.61. The predicted molar refractivity (Wildman–Crippen MR) is 90.4 cm³/mol. The Hall–Kier alpha value is -1.06. The van der Waals surface area contributed by atoms with Crippen molar-refractivity contribution in [2.45, 2.75) is 37.5 Å². The first kappa shape index (κ1) is 15.8. The minimum absolute atomic E-state index is 0. The number of carbonyl (C=O) groups excluding carboxylic acids is 1. The lowest BCUT2D eigenvalue weighted by Gasteiger charge is -2.13. The highest BCUT2D eigenvalue weighted by molar-refractivity contribution is 5.85. The molecule has 0 radical (unpaired) electrons. The Kier molecular flexibility index (Phi) is 4.47. The van der Waals surface area contributed by atoms with Gasteiger partial charge in [0.05, 0.1) is 0 Å². The van der Waals surface area contributed by atoms with E-state index in [1.165, 1.54) is 17.5 Å². The molecule has 4 heteroatoms. The number of nitrogens with one attached hydrogen (secondary N) is 2. The van der Waals surface area contributed by atoms with Gasteiger partial charge in [0.1, 0.15) is 0 Å². The van der Waals surface area contributed by atoms with E-state index in [-0.39, 0.29) is 29.6 Å². The molecule has 3 atom stereocenters. The van der Waals surface area contributed by atoms with Crippen molar-refractivity contribution < 1.29 is 4.79 Å². The smallest absolute Gasteiger partial charge is 0.224 e. The molecule has 3 unspecified atom stereocenters. The topological polar surface area (TPSA) is 41.1 Å². The summed E-state index contributed by atoms with van der Waals surface area (Å²) in [6.45, 7) is 3.11. The summed E-state index contributed by atoms with van der Waals surface area (Å²) in [5.41, 5.74) is 3.10. The van der Waals surface area contributed by atoms with Gasteiger partial charge in [0.25, 0.3) is 0 Å². The molecule has 1 saturated carbocycles. The molecule has 1 aromatic carbocycles. The third-order valence-electron chi connectivity index (χ3n) is 5.80. The van der Waals surface area contributed by atoms with Crippen LogP contribution in [0.5, 0.6) is 0 Å². The molecule has 1 heterocycles. The molecule has 2 fully saturated rings. The van der Waals surface area contributed by atoms with Gasteiger partial charge in [-0.2, -0.15) is 0 Å². The predicted octanol–water partition coefficient (Wildman–Crippen LogP) is 2.43. The number of carbonyl (C=O) groups is 1. The minimum atomic E-state index is 0. The fourth-order valence-corrected chi connectivity index (χ4v) is 4.42. The fraction of sp³-hybridized carbons (Fsp3) is 0.611. The third-order valence-corrected chi connectivity index (χ3v) is 5.80. The summed E-state index contributed by atoms with van der Waals surface area (Å²) in [6, 6.07) is 8.70. The number of hydrogen-bond donors (Lipinski definition) is 2. The molecule has 22 heavy (non-hydrogen) atoms. The summed E-state index contributed by atoms with van der Waals surface area (Å²) in [5.74, 6) is 1.27. The van der Waals surface area contributed by atoms with E-state index in [1.54, 1.807) is 0 Å². The molecule has 2 N–H and O–H groups in total. The second kappa shape index (κ2) is 6.21. The van der Waals surface area contributed by atoms with Gasteiger partial charge in [0, 0.05) is 17.9 Å². The molecule has 0 bridgehead atoms. The van der Waals surface area contributed by atoms with Gasteiger partial charge in [-0.25, -0.2) is 0 Å². The van der Waals surface area contributed by atoms with Crippen molar-refractivity contribution >= 4 is 18.3 Å². The molecule has 1 aromatic rings. The first-order chi connectivity index (χ1) is 10.3. The van der Waals surface area contributed by atoms with Gasteiger partial charge < -0.3 is 10.6 Å². The molecule has 1 saturated heterocycles. The van der Waals surface area contributed by atoms with Crippen LogP contribution in [-0.2, 0) is 16.6 Å². The second-order valence-corrected chi connectivity index (χ2v) is 7.01.